The second kappa shape index (κ2) is 10.8. The Labute approximate surface area is 207 Å². The van der Waals surface area contributed by atoms with Crippen LogP contribution in [0.4, 0.5) is 0 Å². The van der Waals surface area contributed by atoms with Crippen LogP contribution >= 0.6 is 11.6 Å². The number of aromatic nitrogens is 2. The second-order valence-corrected chi connectivity index (χ2v) is 10.3. The molecule has 0 N–H and O–H groups in total. The number of likely N-dealkylation sites (tertiary alicyclic amines) is 2. The maximum atomic E-state index is 13.3. The molecule has 7 nitrogen and oxygen atoms in total. The van der Waals surface area contributed by atoms with E-state index in [0.29, 0.717) is 36.9 Å². The molecule has 2 aliphatic rings. The van der Waals surface area contributed by atoms with Gasteiger partial charge in [0.15, 0.2) is 0 Å². The molecule has 0 unspecified atom stereocenters. The number of aryl methyl sites for hydroxylation is 2. The number of rotatable bonds is 7. The van der Waals surface area contributed by atoms with Crippen molar-refractivity contribution < 1.29 is 14.3 Å². The van der Waals surface area contributed by atoms with Crippen LogP contribution in [0.25, 0.3) is 0 Å². The zero-order chi connectivity index (χ0) is 24.1. The molecule has 2 amide bonds. The van der Waals surface area contributed by atoms with Crippen molar-refractivity contribution in [1.82, 2.24) is 19.6 Å². The number of carbonyl (C=O) groups excluding carboxylic acids is 2. The average molecular weight is 487 g/mol. The topological polar surface area (TPSA) is 67.7 Å². The molecule has 2 fully saturated rings. The Hall–Kier alpha value is -2.54. The van der Waals surface area contributed by atoms with Gasteiger partial charge in [0.25, 0.3) is 0 Å². The minimum atomic E-state index is -0.431. The number of piperidine rings is 2. The highest BCUT2D eigenvalue weighted by molar-refractivity contribution is 6.30. The lowest BCUT2D eigenvalue weighted by molar-refractivity contribution is -0.142. The van der Waals surface area contributed by atoms with Gasteiger partial charge in [-0.1, -0.05) is 17.7 Å². The molecule has 1 atom stereocenters. The third-order valence-electron chi connectivity index (χ3n) is 6.98. The first kappa shape index (κ1) is 24.6. The van der Waals surface area contributed by atoms with Gasteiger partial charge in [-0.25, -0.2) is 0 Å². The summed E-state index contributed by atoms with van der Waals surface area (Å²) in [5.41, 5.74) is 1.44. The fraction of sp³-hybridized carbons (Fsp3) is 0.577. The van der Waals surface area contributed by atoms with E-state index in [1.165, 1.54) is 6.42 Å². The van der Waals surface area contributed by atoms with E-state index in [9.17, 15) is 9.59 Å². The van der Waals surface area contributed by atoms with E-state index in [4.69, 9.17) is 16.3 Å². The summed E-state index contributed by atoms with van der Waals surface area (Å²) in [4.78, 5) is 30.4. The summed E-state index contributed by atoms with van der Waals surface area (Å²) in [6.45, 7) is 7.32. The lowest BCUT2D eigenvalue weighted by atomic mass is 9.77. The lowest BCUT2D eigenvalue weighted by Crippen LogP contribution is -2.52. The molecule has 0 bridgehead atoms. The van der Waals surface area contributed by atoms with Gasteiger partial charge in [0.1, 0.15) is 12.3 Å². The van der Waals surface area contributed by atoms with E-state index >= 15 is 0 Å². The van der Waals surface area contributed by atoms with Crippen molar-refractivity contribution >= 4 is 23.4 Å². The highest BCUT2D eigenvalue weighted by Gasteiger charge is 2.41. The van der Waals surface area contributed by atoms with Crippen LogP contribution in [0.3, 0.4) is 0 Å². The smallest absolute Gasteiger partial charge is 0.244 e. The van der Waals surface area contributed by atoms with Crippen LogP contribution in [0.15, 0.2) is 30.3 Å². The van der Waals surface area contributed by atoms with Crippen LogP contribution in [0.5, 0.6) is 5.75 Å². The summed E-state index contributed by atoms with van der Waals surface area (Å²) >= 11 is 6.14. The Balaban J connectivity index is 1.50. The first-order valence-corrected chi connectivity index (χ1v) is 12.7. The minimum Gasteiger partial charge on any atom is -0.493 e. The molecule has 0 saturated carbocycles. The van der Waals surface area contributed by atoms with Gasteiger partial charge in [-0.3, -0.25) is 14.3 Å². The van der Waals surface area contributed by atoms with Gasteiger partial charge in [-0.05, 0) is 70.2 Å². The highest BCUT2D eigenvalue weighted by Crippen LogP contribution is 2.36. The molecule has 1 aromatic heterocycles. The van der Waals surface area contributed by atoms with Crippen molar-refractivity contribution in [2.24, 2.45) is 5.41 Å². The van der Waals surface area contributed by atoms with Crippen molar-refractivity contribution in [3.05, 3.63) is 46.7 Å². The van der Waals surface area contributed by atoms with Crippen molar-refractivity contribution in [2.45, 2.75) is 58.9 Å². The zero-order valence-corrected chi connectivity index (χ0v) is 21.0. The highest BCUT2D eigenvalue weighted by atomic mass is 35.5. The quantitative estimate of drug-likeness (QED) is 0.587. The molecule has 3 heterocycles. The third kappa shape index (κ3) is 6.12. The third-order valence-corrected chi connectivity index (χ3v) is 7.21. The first-order chi connectivity index (χ1) is 16.3. The first-order valence-electron chi connectivity index (χ1n) is 12.3. The molecule has 2 aliphatic heterocycles. The summed E-state index contributed by atoms with van der Waals surface area (Å²) in [5.74, 6) is 0.883. The fourth-order valence-corrected chi connectivity index (χ4v) is 5.35. The maximum Gasteiger partial charge on any atom is 0.244 e. The van der Waals surface area contributed by atoms with Gasteiger partial charge < -0.3 is 14.5 Å². The van der Waals surface area contributed by atoms with Crippen molar-refractivity contribution in [3.8, 4) is 5.75 Å². The van der Waals surface area contributed by atoms with Crippen molar-refractivity contribution in [2.75, 3.05) is 32.8 Å². The van der Waals surface area contributed by atoms with E-state index in [2.05, 4.69) is 5.10 Å². The number of nitrogens with zero attached hydrogens (tertiary/aromatic N) is 4. The number of benzene rings is 1. The van der Waals surface area contributed by atoms with Gasteiger partial charge in [0.05, 0.1) is 12.3 Å². The molecule has 2 saturated heterocycles. The summed E-state index contributed by atoms with van der Waals surface area (Å²) in [5, 5.41) is 5.06. The number of carbonyl (C=O) groups is 2. The van der Waals surface area contributed by atoms with Gasteiger partial charge in [-0.2, -0.15) is 5.10 Å². The Kier molecular flexibility index (Phi) is 7.81. The standard InChI is InChI=1S/C26H35ClN4O3/c1-20-14-21(2)31(28-20)17-25(33)30-13-7-10-26(18-30,16-24(32)29-11-4-3-5-12-29)19-34-23-9-6-8-22(27)15-23/h6,8-9,14-15H,3-5,7,10-13,16-19H2,1-2H3/t26-/m0/s1. The summed E-state index contributed by atoms with van der Waals surface area (Å²) in [6, 6.07) is 9.30. The van der Waals surface area contributed by atoms with Crippen LogP contribution in [0.1, 0.15) is 49.9 Å². The Bertz CT molecular complexity index is 1020. The monoisotopic (exact) mass is 486 g/mol. The van der Waals surface area contributed by atoms with E-state index < -0.39 is 5.41 Å². The number of halogens is 1. The van der Waals surface area contributed by atoms with E-state index in [0.717, 1.165) is 50.2 Å². The maximum absolute atomic E-state index is 13.3. The summed E-state index contributed by atoms with van der Waals surface area (Å²) < 4.78 is 7.94. The van der Waals surface area contributed by atoms with Crippen molar-refractivity contribution in [1.29, 1.82) is 0 Å². The molecule has 0 aliphatic carbocycles. The molecule has 2 aromatic rings. The predicted octanol–water partition coefficient (Wildman–Crippen LogP) is 4.24. The molecule has 34 heavy (non-hydrogen) atoms. The SMILES string of the molecule is Cc1cc(C)n(CC(=O)N2CCC[C@](COc3cccc(Cl)c3)(CC(=O)N3CCCCC3)C2)n1. The number of hydrogen-bond donors (Lipinski definition) is 0. The molecule has 0 radical (unpaired) electrons. The van der Waals surface area contributed by atoms with Crippen LogP contribution in [0, 0.1) is 19.3 Å². The molecule has 4 rings (SSSR count). The van der Waals surface area contributed by atoms with Crippen LogP contribution < -0.4 is 4.74 Å². The zero-order valence-electron chi connectivity index (χ0n) is 20.3. The number of ether oxygens (including phenoxy) is 1. The Morgan fingerprint density at radius 1 is 1.03 bits per heavy atom. The normalized spacial score (nSPS) is 20.9. The Morgan fingerprint density at radius 3 is 2.50 bits per heavy atom. The van der Waals surface area contributed by atoms with Gasteiger partial charge in [-0.15, -0.1) is 0 Å². The minimum absolute atomic E-state index is 0.0310. The lowest BCUT2D eigenvalue weighted by Gasteiger charge is -2.43. The molecule has 8 heteroatoms. The van der Waals surface area contributed by atoms with Crippen LogP contribution in [-0.2, 0) is 16.1 Å². The molecule has 0 spiro atoms. The van der Waals surface area contributed by atoms with Gasteiger partial charge in [0.2, 0.25) is 11.8 Å². The van der Waals surface area contributed by atoms with Crippen LogP contribution in [-0.4, -0.2) is 64.2 Å². The van der Waals surface area contributed by atoms with Gasteiger partial charge >= 0.3 is 0 Å². The van der Waals surface area contributed by atoms with Crippen molar-refractivity contribution in [3.63, 3.8) is 0 Å². The van der Waals surface area contributed by atoms with E-state index in [-0.39, 0.29) is 18.4 Å². The fourth-order valence-electron chi connectivity index (χ4n) is 5.17. The molecular weight excluding hydrogens is 452 g/mol. The van der Waals surface area contributed by atoms with Gasteiger partial charge in [0, 0.05) is 48.7 Å². The number of hydrogen-bond acceptors (Lipinski definition) is 4. The van der Waals surface area contributed by atoms with E-state index in [1.807, 2.05) is 47.9 Å². The average Bonchev–Trinajstić information content (AvgIpc) is 3.15. The second-order valence-electron chi connectivity index (χ2n) is 9.87. The van der Waals surface area contributed by atoms with E-state index in [1.54, 1.807) is 10.7 Å². The summed E-state index contributed by atoms with van der Waals surface area (Å²) in [7, 11) is 0. The Morgan fingerprint density at radius 2 is 1.79 bits per heavy atom. The number of amides is 2. The van der Waals surface area contributed by atoms with Crippen LogP contribution in [0.2, 0.25) is 5.02 Å². The molecular formula is C26H35ClN4O3. The summed E-state index contributed by atoms with van der Waals surface area (Å²) in [6.07, 6.45) is 5.38. The molecule has 1 aromatic carbocycles. The predicted molar refractivity (Wildman–Crippen MR) is 132 cm³/mol. The largest absolute Gasteiger partial charge is 0.493 e. The molecule has 184 valence electrons.